The van der Waals surface area contributed by atoms with Crippen LogP contribution < -0.4 is 5.32 Å². The van der Waals surface area contributed by atoms with Crippen molar-refractivity contribution in [1.82, 2.24) is 0 Å². The van der Waals surface area contributed by atoms with Gasteiger partial charge in [0, 0.05) is 12.1 Å². The van der Waals surface area contributed by atoms with Crippen LogP contribution in [-0.2, 0) is 17.6 Å². The van der Waals surface area contributed by atoms with Gasteiger partial charge in [0.2, 0.25) is 5.91 Å². The summed E-state index contributed by atoms with van der Waals surface area (Å²) in [4.78, 5) is 11.6. The molecule has 1 N–H and O–H groups in total. The number of benzene rings is 1. The van der Waals surface area contributed by atoms with E-state index < -0.39 is 0 Å². The molecule has 0 aliphatic heterocycles. The van der Waals surface area contributed by atoms with Crippen molar-refractivity contribution in [3.63, 3.8) is 0 Å². The highest BCUT2D eigenvalue weighted by Crippen LogP contribution is 2.22. The Hall–Kier alpha value is -1.31. The van der Waals surface area contributed by atoms with Crippen molar-refractivity contribution in [2.75, 3.05) is 5.32 Å². The number of rotatable bonds is 6. The predicted molar refractivity (Wildman–Crippen MR) is 73.4 cm³/mol. The largest absolute Gasteiger partial charge is 0.326 e. The number of hydrogen-bond donors (Lipinski definition) is 1. The molecule has 0 aliphatic rings. The van der Waals surface area contributed by atoms with Crippen LogP contribution in [0.15, 0.2) is 18.2 Å². The van der Waals surface area contributed by atoms with Gasteiger partial charge in [-0.2, -0.15) is 0 Å². The Morgan fingerprint density at radius 2 is 1.94 bits per heavy atom. The van der Waals surface area contributed by atoms with E-state index in [-0.39, 0.29) is 5.91 Å². The minimum absolute atomic E-state index is 0.121. The minimum Gasteiger partial charge on any atom is -0.326 e. The van der Waals surface area contributed by atoms with Crippen molar-refractivity contribution >= 4 is 11.6 Å². The van der Waals surface area contributed by atoms with Gasteiger partial charge in [0.1, 0.15) is 0 Å². The summed E-state index contributed by atoms with van der Waals surface area (Å²) in [6.45, 7) is 6.35. The monoisotopic (exact) mass is 233 g/mol. The fraction of sp³-hybridized carbons (Fsp3) is 0.533. The van der Waals surface area contributed by atoms with Gasteiger partial charge in [-0.05, 0) is 36.5 Å². The number of carbonyl (C=O) groups is 1. The number of hydrogen-bond acceptors (Lipinski definition) is 1. The van der Waals surface area contributed by atoms with Crippen LogP contribution in [-0.4, -0.2) is 5.91 Å². The fourth-order valence-corrected chi connectivity index (χ4v) is 2.11. The van der Waals surface area contributed by atoms with Gasteiger partial charge in [0.05, 0.1) is 0 Å². The Labute approximate surface area is 104 Å². The molecule has 0 atom stereocenters. The average Bonchev–Trinajstić information content (AvgIpc) is 2.30. The van der Waals surface area contributed by atoms with E-state index in [1.165, 1.54) is 11.1 Å². The first-order chi connectivity index (χ1) is 8.22. The van der Waals surface area contributed by atoms with Crippen LogP contribution in [0.4, 0.5) is 5.69 Å². The third-order valence-corrected chi connectivity index (χ3v) is 2.90. The molecule has 0 fully saturated rings. The second-order valence-electron chi connectivity index (χ2n) is 4.34. The van der Waals surface area contributed by atoms with Gasteiger partial charge in [-0.25, -0.2) is 0 Å². The molecular weight excluding hydrogens is 210 g/mol. The number of nitrogens with one attached hydrogen (secondary N) is 1. The van der Waals surface area contributed by atoms with E-state index in [1.54, 1.807) is 0 Å². The van der Waals surface area contributed by atoms with Crippen molar-refractivity contribution in [2.24, 2.45) is 0 Å². The summed E-state index contributed by atoms with van der Waals surface area (Å²) in [7, 11) is 0. The summed E-state index contributed by atoms with van der Waals surface area (Å²) < 4.78 is 0. The lowest BCUT2D eigenvalue weighted by Gasteiger charge is -2.14. The van der Waals surface area contributed by atoms with Crippen molar-refractivity contribution in [3.8, 4) is 0 Å². The van der Waals surface area contributed by atoms with Crippen LogP contribution in [0.2, 0.25) is 0 Å². The molecule has 94 valence electrons. The second-order valence-corrected chi connectivity index (χ2v) is 4.34. The van der Waals surface area contributed by atoms with Crippen LogP contribution in [0, 0.1) is 0 Å². The zero-order valence-electron chi connectivity index (χ0n) is 11.2. The van der Waals surface area contributed by atoms with Crippen molar-refractivity contribution in [1.29, 1.82) is 0 Å². The van der Waals surface area contributed by atoms with Gasteiger partial charge in [-0.3, -0.25) is 4.79 Å². The molecule has 0 bridgehead atoms. The van der Waals surface area contributed by atoms with E-state index in [0.29, 0.717) is 6.42 Å². The maximum Gasteiger partial charge on any atom is 0.224 e. The van der Waals surface area contributed by atoms with E-state index >= 15 is 0 Å². The maximum atomic E-state index is 11.6. The van der Waals surface area contributed by atoms with Crippen LogP contribution in [0.25, 0.3) is 0 Å². The Kier molecular flexibility index (Phi) is 5.75. The first-order valence-corrected chi connectivity index (χ1v) is 6.63. The normalized spacial score (nSPS) is 10.3. The molecule has 0 aromatic heterocycles. The number of aryl methyl sites for hydroxylation is 1. The molecule has 17 heavy (non-hydrogen) atoms. The Balaban J connectivity index is 2.90. The van der Waals surface area contributed by atoms with Gasteiger partial charge in [0.25, 0.3) is 0 Å². The summed E-state index contributed by atoms with van der Waals surface area (Å²) in [6, 6.07) is 6.20. The molecule has 0 spiro atoms. The molecular formula is C15H23NO. The van der Waals surface area contributed by atoms with Gasteiger partial charge >= 0.3 is 0 Å². The standard InChI is InChI=1S/C15H23NO/c1-4-8-12-10-7-11-14(13(12)6-3)16-15(17)9-5-2/h7,10-11H,4-6,8-9H2,1-3H3,(H,16,17). The lowest BCUT2D eigenvalue weighted by molar-refractivity contribution is -0.116. The van der Waals surface area contributed by atoms with Crippen LogP contribution in [0.3, 0.4) is 0 Å². The third kappa shape index (κ3) is 3.88. The van der Waals surface area contributed by atoms with Crippen LogP contribution >= 0.6 is 0 Å². The summed E-state index contributed by atoms with van der Waals surface area (Å²) in [6.07, 6.45) is 4.68. The van der Waals surface area contributed by atoms with Gasteiger partial charge in [-0.1, -0.05) is 39.3 Å². The molecule has 2 nitrogen and oxygen atoms in total. The predicted octanol–water partition coefficient (Wildman–Crippen LogP) is 3.94. The second kappa shape index (κ2) is 7.10. The average molecular weight is 233 g/mol. The minimum atomic E-state index is 0.121. The van der Waals surface area contributed by atoms with E-state index in [2.05, 4.69) is 25.2 Å². The lowest BCUT2D eigenvalue weighted by Crippen LogP contribution is -2.13. The highest BCUT2D eigenvalue weighted by molar-refractivity contribution is 5.91. The molecule has 1 rings (SSSR count). The lowest BCUT2D eigenvalue weighted by atomic mass is 9.99. The summed E-state index contributed by atoms with van der Waals surface area (Å²) in [5.41, 5.74) is 3.65. The van der Waals surface area contributed by atoms with E-state index in [9.17, 15) is 4.79 Å². The number of carbonyl (C=O) groups excluding carboxylic acids is 1. The van der Waals surface area contributed by atoms with Crippen LogP contribution in [0.5, 0.6) is 0 Å². The molecule has 0 aliphatic carbocycles. The van der Waals surface area contributed by atoms with E-state index in [0.717, 1.165) is 31.4 Å². The first-order valence-electron chi connectivity index (χ1n) is 6.63. The number of amides is 1. The molecule has 0 heterocycles. The highest BCUT2D eigenvalue weighted by atomic mass is 16.1. The van der Waals surface area contributed by atoms with E-state index in [1.807, 2.05) is 19.1 Å². The summed E-state index contributed by atoms with van der Waals surface area (Å²) in [5, 5.41) is 3.02. The smallest absolute Gasteiger partial charge is 0.224 e. The summed E-state index contributed by atoms with van der Waals surface area (Å²) in [5.74, 6) is 0.121. The first kappa shape index (κ1) is 13.8. The summed E-state index contributed by atoms with van der Waals surface area (Å²) >= 11 is 0. The van der Waals surface area contributed by atoms with Crippen LogP contribution in [0.1, 0.15) is 51.2 Å². The SMILES string of the molecule is CCCC(=O)Nc1cccc(CCC)c1CC. The maximum absolute atomic E-state index is 11.6. The molecule has 1 aromatic carbocycles. The molecule has 2 heteroatoms. The zero-order valence-corrected chi connectivity index (χ0v) is 11.2. The highest BCUT2D eigenvalue weighted by Gasteiger charge is 2.08. The van der Waals surface area contributed by atoms with E-state index in [4.69, 9.17) is 0 Å². The Bertz CT molecular complexity index is 371. The Morgan fingerprint density at radius 1 is 1.18 bits per heavy atom. The molecule has 1 amide bonds. The van der Waals surface area contributed by atoms with Gasteiger partial charge in [0.15, 0.2) is 0 Å². The van der Waals surface area contributed by atoms with Gasteiger partial charge in [-0.15, -0.1) is 0 Å². The molecule has 1 aromatic rings. The number of anilines is 1. The van der Waals surface area contributed by atoms with Gasteiger partial charge < -0.3 is 5.32 Å². The van der Waals surface area contributed by atoms with Crippen molar-refractivity contribution in [2.45, 2.75) is 52.9 Å². The molecule has 0 saturated heterocycles. The zero-order chi connectivity index (χ0) is 12.7. The van der Waals surface area contributed by atoms with Crippen molar-refractivity contribution in [3.05, 3.63) is 29.3 Å². The molecule has 0 saturated carbocycles. The quantitative estimate of drug-likeness (QED) is 0.792. The fourth-order valence-electron chi connectivity index (χ4n) is 2.11. The van der Waals surface area contributed by atoms with Crippen molar-refractivity contribution < 1.29 is 4.79 Å². The topological polar surface area (TPSA) is 29.1 Å². The Morgan fingerprint density at radius 3 is 2.53 bits per heavy atom. The molecule has 0 unspecified atom stereocenters. The third-order valence-electron chi connectivity index (χ3n) is 2.90. The molecule has 0 radical (unpaired) electrons.